The molecule has 0 aliphatic carbocycles. The molecule has 0 aromatic carbocycles. The van der Waals surface area contributed by atoms with Gasteiger partial charge in [0.25, 0.3) is 0 Å². The summed E-state index contributed by atoms with van der Waals surface area (Å²) in [5, 5.41) is 9.99. The van der Waals surface area contributed by atoms with Crippen molar-refractivity contribution < 1.29 is 0 Å². The van der Waals surface area contributed by atoms with E-state index in [1.165, 1.54) is 31.0 Å². The van der Waals surface area contributed by atoms with E-state index in [1.807, 2.05) is 0 Å². The van der Waals surface area contributed by atoms with E-state index in [2.05, 4.69) is 24.7 Å². The van der Waals surface area contributed by atoms with Gasteiger partial charge >= 0.3 is 0 Å². The van der Waals surface area contributed by atoms with Gasteiger partial charge in [0.2, 0.25) is 0 Å². The molecule has 0 atom stereocenters. The van der Waals surface area contributed by atoms with Crippen LogP contribution in [0.5, 0.6) is 0 Å². The highest BCUT2D eigenvalue weighted by atomic mass is 32.2. The molecule has 2 aromatic heterocycles. The number of aryl methyl sites for hydroxylation is 1. The molecule has 2 aromatic rings. The average Bonchev–Trinajstić information content (AvgIpc) is 2.62. The number of hydrogen-bond donors (Lipinski definition) is 1. The quantitative estimate of drug-likeness (QED) is 0.826. The highest BCUT2D eigenvalue weighted by Gasteiger charge is 2.16. The van der Waals surface area contributed by atoms with Crippen LogP contribution in [-0.4, -0.2) is 24.7 Å². The van der Waals surface area contributed by atoms with Gasteiger partial charge in [0, 0.05) is 13.0 Å². The summed E-state index contributed by atoms with van der Waals surface area (Å²) in [6, 6.07) is 0. The van der Waals surface area contributed by atoms with Gasteiger partial charge in [-0.3, -0.25) is 0 Å². The van der Waals surface area contributed by atoms with Crippen molar-refractivity contribution in [2.75, 3.05) is 5.73 Å². The van der Waals surface area contributed by atoms with E-state index in [0.717, 1.165) is 23.9 Å². The van der Waals surface area contributed by atoms with Crippen LogP contribution in [0.2, 0.25) is 0 Å². The fraction of sp³-hybridized carbons (Fsp3) is 0.455. The standard InChI is InChI=1S/C11H14N6S/c12-8-6-13-10(14-7-8)18-11-16-15-9-4-2-1-3-5-17(9)11/h6-7H,1-5,12H2. The minimum atomic E-state index is 0.569. The van der Waals surface area contributed by atoms with Crippen molar-refractivity contribution in [1.29, 1.82) is 0 Å². The number of rotatable bonds is 2. The van der Waals surface area contributed by atoms with Crippen molar-refractivity contribution in [3.05, 3.63) is 18.2 Å². The first-order chi connectivity index (χ1) is 8.83. The molecule has 0 bridgehead atoms. The maximum atomic E-state index is 5.56. The van der Waals surface area contributed by atoms with Gasteiger partial charge in [0.1, 0.15) is 5.82 Å². The topological polar surface area (TPSA) is 82.5 Å². The second-order valence-corrected chi connectivity index (χ2v) is 5.20. The fourth-order valence-corrected chi connectivity index (χ4v) is 2.76. The fourth-order valence-electron chi connectivity index (χ4n) is 1.99. The minimum absolute atomic E-state index is 0.569. The van der Waals surface area contributed by atoms with E-state index in [-0.39, 0.29) is 0 Å². The van der Waals surface area contributed by atoms with Crippen molar-refractivity contribution in [3.8, 4) is 0 Å². The van der Waals surface area contributed by atoms with Crippen LogP contribution in [0.15, 0.2) is 22.7 Å². The van der Waals surface area contributed by atoms with Crippen LogP contribution in [0.25, 0.3) is 0 Å². The van der Waals surface area contributed by atoms with Crippen molar-refractivity contribution in [1.82, 2.24) is 24.7 Å². The lowest BCUT2D eigenvalue weighted by Crippen LogP contribution is -2.02. The number of nitrogen functional groups attached to an aromatic ring is 1. The van der Waals surface area contributed by atoms with Crippen LogP contribution < -0.4 is 5.73 Å². The lowest BCUT2D eigenvalue weighted by Gasteiger charge is -2.05. The molecule has 3 rings (SSSR count). The second-order valence-electron chi connectivity index (χ2n) is 4.26. The Morgan fingerprint density at radius 3 is 2.78 bits per heavy atom. The van der Waals surface area contributed by atoms with Crippen LogP contribution in [0.3, 0.4) is 0 Å². The number of nitrogens with two attached hydrogens (primary N) is 1. The Bertz CT molecular complexity index is 535. The molecule has 0 saturated carbocycles. The number of anilines is 1. The third-order valence-corrected chi connectivity index (χ3v) is 3.78. The van der Waals surface area contributed by atoms with Gasteiger partial charge in [-0.15, -0.1) is 10.2 Å². The van der Waals surface area contributed by atoms with E-state index < -0.39 is 0 Å². The van der Waals surface area contributed by atoms with Crippen molar-refractivity contribution in [2.24, 2.45) is 0 Å². The number of hydrogen-bond acceptors (Lipinski definition) is 6. The minimum Gasteiger partial charge on any atom is -0.396 e. The molecule has 6 nitrogen and oxygen atoms in total. The predicted octanol–water partition coefficient (Wildman–Crippen LogP) is 1.53. The van der Waals surface area contributed by atoms with Crippen LogP contribution in [0.4, 0.5) is 5.69 Å². The first-order valence-corrected chi connectivity index (χ1v) is 6.82. The third kappa shape index (κ3) is 2.31. The Hall–Kier alpha value is -1.63. The Morgan fingerprint density at radius 1 is 1.11 bits per heavy atom. The molecule has 2 N–H and O–H groups in total. The summed E-state index contributed by atoms with van der Waals surface area (Å²) in [7, 11) is 0. The summed E-state index contributed by atoms with van der Waals surface area (Å²) in [6.45, 7) is 0.986. The van der Waals surface area contributed by atoms with Crippen molar-refractivity contribution >= 4 is 17.4 Å². The van der Waals surface area contributed by atoms with Crippen LogP contribution in [0.1, 0.15) is 25.1 Å². The zero-order valence-electron chi connectivity index (χ0n) is 9.91. The van der Waals surface area contributed by atoms with E-state index in [4.69, 9.17) is 5.73 Å². The molecular weight excluding hydrogens is 248 g/mol. The van der Waals surface area contributed by atoms with Gasteiger partial charge < -0.3 is 10.3 Å². The molecular formula is C11H14N6S. The monoisotopic (exact) mass is 262 g/mol. The number of fused-ring (bicyclic) bond motifs is 1. The third-order valence-electron chi connectivity index (χ3n) is 2.91. The molecule has 0 saturated heterocycles. The second kappa shape index (κ2) is 4.93. The molecule has 0 radical (unpaired) electrons. The lowest BCUT2D eigenvalue weighted by molar-refractivity contribution is 0.590. The number of nitrogens with zero attached hydrogens (tertiary/aromatic N) is 5. The van der Waals surface area contributed by atoms with Gasteiger partial charge in [-0.05, 0) is 24.6 Å². The Morgan fingerprint density at radius 2 is 1.94 bits per heavy atom. The molecule has 1 aliphatic rings. The summed E-state index contributed by atoms with van der Waals surface area (Å²) >= 11 is 1.44. The SMILES string of the molecule is Nc1cnc(Sc2nnc3n2CCCCC3)nc1. The molecule has 18 heavy (non-hydrogen) atoms. The normalized spacial score (nSPS) is 15.1. The summed E-state index contributed by atoms with van der Waals surface area (Å²) in [5.41, 5.74) is 6.13. The Kier molecular flexibility index (Phi) is 3.14. The summed E-state index contributed by atoms with van der Waals surface area (Å²) in [5.74, 6) is 1.07. The molecule has 7 heteroatoms. The smallest absolute Gasteiger partial charge is 0.199 e. The average molecular weight is 262 g/mol. The van der Waals surface area contributed by atoms with E-state index in [1.54, 1.807) is 12.4 Å². The lowest BCUT2D eigenvalue weighted by atomic mass is 10.2. The first-order valence-electron chi connectivity index (χ1n) is 6.00. The molecule has 0 amide bonds. The zero-order valence-corrected chi connectivity index (χ0v) is 10.7. The summed E-state index contributed by atoms with van der Waals surface area (Å²) in [4.78, 5) is 8.34. The van der Waals surface area contributed by atoms with Gasteiger partial charge in [0.05, 0.1) is 18.1 Å². The van der Waals surface area contributed by atoms with E-state index >= 15 is 0 Å². The predicted molar refractivity (Wildman–Crippen MR) is 68.1 cm³/mol. The molecule has 0 fully saturated rings. The zero-order chi connectivity index (χ0) is 12.4. The maximum Gasteiger partial charge on any atom is 0.199 e. The summed E-state index contributed by atoms with van der Waals surface area (Å²) < 4.78 is 2.18. The highest BCUT2D eigenvalue weighted by molar-refractivity contribution is 7.99. The number of aromatic nitrogens is 5. The van der Waals surface area contributed by atoms with E-state index in [9.17, 15) is 0 Å². The van der Waals surface area contributed by atoms with Gasteiger partial charge in [-0.25, -0.2) is 9.97 Å². The molecule has 0 unspecified atom stereocenters. The van der Waals surface area contributed by atoms with Crippen molar-refractivity contribution in [3.63, 3.8) is 0 Å². The van der Waals surface area contributed by atoms with Gasteiger partial charge in [-0.2, -0.15) is 0 Å². The molecule has 0 spiro atoms. The highest BCUT2D eigenvalue weighted by Crippen LogP contribution is 2.25. The Balaban J connectivity index is 1.84. The van der Waals surface area contributed by atoms with Crippen LogP contribution in [-0.2, 0) is 13.0 Å². The van der Waals surface area contributed by atoms with Crippen LogP contribution >= 0.6 is 11.8 Å². The van der Waals surface area contributed by atoms with Crippen LogP contribution in [0, 0.1) is 0 Å². The molecule has 94 valence electrons. The van der Waals surface area contributed by atoms with E-state index in [0.29, 0.717) is 10.8 Å². The van der Waals surface area contributed by atoms with Gasteiger partial charge in [0.15, 0.2) is 10.3 Å². The van der Waals surface area contributed by atoms with Gasteiger partial charge in [-0.1, -0.05) is 6.42 Å². The first kappa shape index (κ1) is 11.5. The molecule has 3 heterocycles. The van der Waals surface area contributed by atoms with Crippen molar-refractivity contribution in [2.45, 2.75) is 42.5 Å². The largest absolute Gasteiger partial charge is 0.396 e. The Labute approximate surface area is 109 Å². The maximum absolute atomic E-state index is 5.56. The summed E-state index contributed by atoms with van der Waals surface area (Å²) in [6.07, 6.45) is 7.86. The molecule has 1 aliphatic heterocycles.